The molecule has 104 valence electrons. The number of nitrogens with one attached hydrogen (secondary N) is 1. The van der Waals surface area contributed by atoms with Gasteiger partial charge in [-0.05, 0) is 37.3 Å². The van der Waals surface area contributed by atoms with Crippen molar-refractivity contribution in [3.8, 4) is 0 Å². The fraction of sp³-hybridized carbons (Fsp3) is 0.143. The number of hydrogen-bond donors (Lipinski definition) is 2. The molecule has 1 aromatic carbocycles. The highest BCUT2D eigenvalue weighted by molar-refractivity contribution is 6.30. The minimum absolute atomic E-state index is 0.0979. The predicted molar refractivity (Wildman–Crippen MR) is 73.0 cm³/mol. The van der Waals surface area contributed by atoms with Crippen molar-refractivity contribution >= 4 is 23.5 Å². The molecule has 0 bridgehead atoms. The number of carboxylic acids is 1. The van der Waals surface area contributed by atoms with E-state index in [-0.39, 0.29) is 18.0 Å². The van der Waals surface area contributed by atoms with Gasteiger partial charge in [0.25, 0.3) is 5.91 Å². The molecule has 1 aromatic heterocycles. The Morgan fingerprint density at radius 1 is 1.30 bits per heavy atom. The quantitative estimate of drug-likeness (QED) is 0.908. The van der Waals surface area contributed by atoms with Gasteiger partial charge in [0.1, 0.15) is 17.1 Å². The van der Waals surface area contributed by atoms with Gasteiger partial charge < -0.3 is 14.8 Å². The summed E-state index contributed by atoms with van der Waals surface area (Å²) < 4.78 is 5.26. The Morgan fingerprint density at radius 3 is 2.50 bits per heavy atom. The van der Waals surface area contributed by atoms with Crippen LogP contribution in [0.5, 0.6) is 0 Å². The SMILES string of the molecule is Cc1oc(CNC(=O)c2ccc(Cl)cc2)cc1C(=O)O. The third kappa shape index (κ3) is 3.19. The maximum absolute atomic E-state index is 11.8. The first kappa shape index (κ1) is 14.1. The molecule has 5 nitrogen and oxygen atoms in total. The fourth-order valence-electron chi connectivity index (χ4n) is 1.71. The van der Waals surface area contributed by atoms with E-state index in [2.05, 4.69) is 5.32 Å². The van der Waals surface area contributed by atoms with Gasteiger partial charge in [-0.1, -0.05) is 11.6 Å². The monoisotopic (exact) mass is 293 g/mol. The van der Waals surface area contributed by atoms with E-state index in [1.54, 1.807) is 31.2 Å². The Morgan fingerprint density at radius 2 is 1.95 bits per heavy atom. The summed E-state index contributed by atoms with van der Waals surface area (Å²) in [5.74, 6) is -0.635. The Bertz CT molecular complexity index is 646. The second kappa shape index (κ2) is 5.79. The Balaban J connectivity index is 2.01. The van der Waals surface area contributed by atoms with E-state index in [1.165, 1.54) is 6.07 Å². The van der Waals surface area contributed by atoms with Crippen molar-refractivity contribution in [3.05, 3.63) is 58.0 Å². The van der Waals surface area contributed by atoms with Gasteiger partial charge in [0, 0.05) is 10.6 Å². The number of rotatable bonds is 4. The van der Waals surface area contributed by atoms with Crippen molar-refractivity contribution in [1.82, 2.24) is 5.32 Å². The topological polar surface area (TPSA) is 79.5 Å². The van der Waals surface area contributed by atoms with Crippen LogP contribution in [0.25, 0.3) is 0 Å². The molecule has 20 heavy (non-hydrogen) atoms. The van der Waals surface area contributed by atoms with Crippen LogP contribution < -0.4 is 5.32 Å². The van der Waals surface area contributed by atoms with E-state index >= 15 is 0 Å². The molecule has 2 N–H and O–H groups in total. The van der Waals surface area contributed by atoms with Crippen LogP contribution in [0.1, 0.15) is 32.2 Å². The zero-order valence-electron chi connectivity index (χ0n) is 10.6. The average Bonchev–Trinajstić information content (AvgIpc) is 2.78. The van der Waals surface area contributed by atoms with E-state index < -0.39 is 5.97 Å². The molecular formula is C14H12ClNO4. The van der Waals surface area contributed by atoms with Crippen LogP contribution in [0.15, 0.2) is 34.7 Å². The molecule has 6 heteroatoms. The van der Waals surface area contributed by atoms with E-state index in [0.717, 1.165) is 0 Å². The summed E-state index contributed by atoms with van der Waals surface area (Å²) in [6.07, 6.45) is 0. The van der Waals surface area contributed by atoms with E-state index in [1.807, 2.05) is 0 Å². The highest BCUT2D eigenvalue weighted by Crippen LogP contribution is 2.15. The molecule has 2 aromatic rings. The molecule has 0 aliphatic carbocycles. The van der Waals surface area contributed by atoms with Gasteiger partial charge in [0.15, 0.2) is 0 Å². The maximum Gasteiger partial charge on any atom is 0.339 e. The zero-order chi connectivity index (χ0) is 14.7. The van der Waals surface area contributed by atoms with Gasteiger partial charge in [-0.3, -0.25) is 4.79 Å². The van der Waals surface area contributed by atoms with Crippen molar-refractivity contribution in [2.24, 2.45) is 0 Å². The van der Waals surface area contributed by atoms with Gasteiger partial charge in [0.05, 0.1) is 6.54 Å². The summed E-state index contributed by atoms with van der Waals surface area (Å²) in [7, 11) is 0. The summed E-state index contributed by atoms with van der Waals surface area (Å²) in [5.41, 5.74) is 0.567. The number of benzene rings is 1. The highest BCUT2D eigenvalue weighted by Gasteiger charge is 2.14. The lowest BCUT2D eigenvalue weighted by Crippen LogP contribution is -2.22. The summed E-state index contributed by atoms with van der Waals surface area (Å²) in [6, 6.07) is 7.85. The Hall–Kier alpha value is -2.27. The van der Waals surface area contributed by atoms with Gasteiger partial charge in [0.2, 0.25) is 0 Å². The number of carboxylic acid groups (broad SMARTS) is 1. The number of aromatic carboxylic acids is 1. The summed E-state index contributed by atoms with van der Waals surface area (Å²) in [4.78, 5) is 22.7. The number of carbonyl (C=O) groups is 2. The van der Waals surface area contributed by atoms with E-state index in [9.17, 15) is 9.59 Å². The number of aryl methyl sites for hydroxylation is 1. The minimum atomic E-state index is -1.05. The van der Waals surface area contributed by atoms with Crippen LogP contribution in [-0.4, -0.2) is 17.0 Å². The molecule has 1 amide bonds. The van der Waals surface area contributed by atoms with Crippen LogP contribution in [0.2, 0.25) is 5.02 Å². The van der Waals surface area contributed by atoms with Crippen LogP contribution in [0.4, 0.5) is 0 Å². The lowest BCUT2D eigenvalue weighted by molar-refractivity contribution is 0.0694. The highest BCUT2D eigenvalue weighted by atomic mass is 35.5. The van der Waals surface area contributed by atoms with Gasteiger partial charge in [-0.25, -0.2) is 4.79 Å². The van der Waals surface area contributed by atoms with Crippen molar-refractivity contribution in [2.45, 2.75) is 13.5 Å². The smallest absolute Gasteiger partial charge is 0.339 e. The minimum Gasteiger partial charge on any atom is -0.478 e. The average molecular weight is 294 g/mol. The molecule has 0 fully saturated rings. The fourth-order valence-corrected chi connectivity index (χ4v) is 1.84. The Labute approximate surface area is 120 Å². The van der Waals surface area contributed by atoms with Gasteiger partial charge in [-0.2, -0.15) is 0 Å². The normalized spacial score (nSPS) is 10.3. The first-order valence-electron chi connectivity index (χ1n) is 5.83. The number of halogens is 1. The summed E-state index contributed by atoms with van der Waals surface area (Å²) >= 11 is 5.74. The zero-order valence-corrected chi connectivity index (χ0v) is 11.4. The third-order valence-electron chi connectivity index (χ3n) is 2.73. The first-order valence-corrected chi connectivity index (χ1v) is 6.21. The number of carbonyl (C=O) groups excluding carboxylic acids is 1. The number of furan rings is 1. The van der Waals surface area contributed by atoms with Crippen molar-refractivity contribution in [2.75, 3.05) is 0 Å². The lowest BCUT2D eigenvalue weighted by atomic mass is 10.2. The van der Waals surface area contributed by atoms with Gasteiger partial charge in [-0.15, -0.1) is 0 Å². The van der Waals surface area contributed by atoms with Crippen molar-refractivity contribution in [3.63, 3.8) is 0 Å². The van der Waals surface area contributed by atoms with Crippen molar-refractivity contribution in [1.29, 1.82) is 0 Å². The second-order valence-electron chi connectivity index (χ2n) is 4.18. The maximum atomic E-state index is 11.8. The van der Waals surface area contributed by atoms with Crippen molar-refractivity contribution < 1.29 is 19.1 Å². The first-order chi connectivity index (χ1) is 9.47. The van der Waals surface area contributed by atoms with Crippen LogP contribution in [0, 0.1) is 6.92 Å². The van der Waals surface area contributed by atoms with Crippen LogP contribution in [-0.2, 0) is 6.54 Å². The van der Waals surface area contributed by atoms with Gasteiger partial charge >= 0.3 is 5.97 Å². The molecule has 0 aliphatic heterocycles. The summed E-state index contributed by atoms with van der Waals surface area (Å²) in [6.45, 7) is 1.68. The molecule has 0 aliphatic rings. The molecule has 1 heterocycles. The molecule has 0 atom stereocenters. The molecule has 0 radical (unpaired) electrons. The number of hydrogen-bond acceptors (Lipinski definition) is 3. The Kier molecular flexibility index (Phi) is 4.10. The third-order valence-corrected chi connectivity index (χ3v) is 2.98. The summed E-state index contributed by atoms with van der Waals surface area (Å²) in [5, 5.41) is 12.1. The van der Waals surface area contributed by atoms with Crippen LogP contribution in [0.3, 0.4) is 0 Å². The molecule has 0 spiro atoms. The largest absolute Gasteiger partial charge is 0.478 e. The standard InChI is InChI=1S/C14H12ClNO4/c1-8-12(14(18)19)6-11(20-8)7-16-13(17)9-2-4-10(15)5-3-9/h2-6H,7H2,1H3,(H,16,17)(H,18,19). The molecule has 2 rings (SSSR count). The van der Waals surface area contributed by atoms with E-state index in [4.69, 9.17) is 21.1 Å². The molecule has 0 saturated heterocycles. The second-order valence-corrected chi connectivity index (χ2v) is 4.61. The lowest BCUT2D eigenvalue weighted by Gasteiger charge is -2.03. The van der Waals surface area contributed by atoms with Crippen LogP contribution >= 0.6 is 11.6 Å². The predicted octanol–water partition coefficient (Wildman–Crippen LogP) is 2.87. The number of amides is 1. The molecular weight excluding hydrogens is 282 g/mol. The molecule has 0 saturated carbocycles. The van der Waals surface area contributed by atoms with E-state index in [0.29, 0.717) is 22.1 Å². The molecule has 0 unspecified atom stereocenters.